The van der Waals surface area contributed by atoms with Gasteiger partial charge in [-0.25, -0.2) is 19.9 Å². The lowest BCUT2D eigenvalue weighted by Gasteiger charge is -2.41. The van der Waals surface area contributed by atoms with E-state index < -0.39 is 11.7 Å². The quantitative estimate of drug-likeness (QED) is 0.353. The second-order valence-electron chi connectivity index (χ2n) is 9.10. The molecule has 6 heterocycles. The van der Waals surface area contributed by atoms with Gasteiger partial charge >= 0.3 is 6.18 Å². The Hall–Kier alpha value is -5.01. The van der Waals surface area contributed by atoms with E-state index in [9.17, 15) is 18.0 Å². The van der Waals surface area contributed by atoms with Gasteiger partial charge in [-0.05, 0) is 24.3 Å². The molecule has 1 N–H and O–H groups in total. The van der Waals surface area contributed by atoms with Crippen molar-refractivity contribution in [3.8, 4) is 17.4 Å². The standard InChI is InChI=1S/C26H22F3N9O2/c1-40-23-10-16(4-6-30-23)25(39)37-9-8-36(15-20(37)17-11-33-34-12-17)22-5-7-31-24(35-22)19-13-32-21-3-2-18(14-38(19)21)26(27,28)29/h2-7,10-14,20H,8-9,15H2,1H3,(H,33,34). The number of pyridine rings is 2. The molecule has 1 aliphatic rings. The zero-order valence-corrected chi connectivity index (χ0v) is 21.1. The summed E-state index contributed by atoms with van der Waals surface area (Å²) in [6, 6.07) is 6.90. The second kappa shape index (κ2) is 9.94. The molecule has 204 valence electrons. The number of piperazine rings is 1. The van der Waals surface area contributed by atoms with Crippen molar-refractivity contribution in [3.05, 3.63) is 84.2 Å². The van der Waals surface area contributed by atoms with Crippen molar-refractivity contribution in [2.75, 3.05) is 31.6 Å². The molecule has 0 bridgehead atoms. The van der Waals surface area contributed by atoms with Crippen molar-refractivity contribution in [1.29, 1.82) is 0 Å². The smallest absolute Gasteiger partial charge is 0.417 e. The maximum Gasteiger partial charge on any atom is 0.417 e. The predicted octanol–water partition coefficient (Wildman–Crippen LogP) is 3.64. The average Bonchev–Trinajstić information content (AvgIpc) is 3.66. The Balaban J connectivity index is 1.31. The number of fused-ring (bicyclic) bond motifs is 1. The van der Waals surface area contributed by atoms with Gasteiger partial charge in [0.2, 0.25) is 5.88 Å². The van der Waals surface area contributed by atoms with Crippen LogP contribution in [0.2, 0.25) is 0 Å². The Labute approximate surface area is 225 Å². The molecule has 1 unspecified atom stereocenters. The number of H-pyrrole nitrogens is 1. The van der Waals surface area contributed by atoms with E-state index in [-0.39, 0.29) is 17.8 Å². The predicted molar refractivity (Wildman–Crippen MR) is 137 cm³/mol. The molecule has 1 amide bonds. The van der Waals surface area contributed by atoms with Gasteiger partial charge in [0.15, 0.2) is 5.82 Å². The minimum atomic E-state index is -4.50. The van der Waals surface area contributed by atoms with E-state index >= 15 is 0 Å². The summed E-state index contributed by atoms with van der Waals surface area (Å²) in [4.78, 5) is 34.6. The SMILES string of the molecule is COc1cc(C(=O)N2CCN(c3ccnc(-c4cnc5ccc(C(F)(F)F)cn45)n3)CC2c2cn[nH]c2)ccn1. The van der Waals surface area contributed by atoms with Crippen LogP contribution in [0.3, 0.4) is 0 Å². The van der Waals surface area contributed by atoms with Gasteiger partial charge in [0.05, 0.1) is 31.1 Å². The van der Waals surface area contributed by atoms with Gasteiger partial charge in [-0.1, -0.05) is 0 Å². The molecular formula is C26H22F3N9O2. The number of methoxy groups -OCH3 is 1. The molecule has 40 heavy (non-hydrogen) atoms. The van der Waals surface area contributed by atoms with Gasteiger partial charge < -0.3 is 14.5 Å². The van der Waals surface area contributed by atoms with Gasteiger partial charge in [0.25, 0.3) is 5.91 Å². The number of carbonyl (C=O) groups excluding carboxylic acids is 1. The highest BCUT2D eigenvalue weighted by atomic mass is 19.4. The number of carbonyl (C=O) groups is 1. The molecule has 0 radical (unpaired) electrons. The van der Waals surface area contributed by atoms with Crippen LogP contribution in [0.25, 0.3) is 17.2 Å². The van der Waals surface area contributed by atoms with Crippen molar-refractivity contribution >= 4 is 17.4 Å². The number of aromatic nitrogens is 7. The Kier molecular flexibility index (Phi) is 6.28. The maximum atomic E-state index is 13.5. The fourth-order valence-corrected chi connectivity index (χ4v) is 4.74. The minimum Gasteiger partial charge on any atom is -0.481 e. The number of hydrogen-bond donors (Lipinski definition) is 1. The summed E-state index contributed by atoms with van der Waals surface area (Å²) in [5.74, 6) is 0.957. The van der Waals surface area contributed by atoms with Gasteiger partial charge in [-0.2, -0.15) is 18.3 Å². The number of imidazole rings is 1. The molecule has 5 aromatic rings. The third-order valence-electron chi connectivity index (χ3n) is 6.76. The average molecular weight is 550 g/mol. The molecule has 1 atom stereocenters. The molecule has 0 spiro atoms. The normalized spacial score (nSPS) is 15.9. The minimum absolute atomic E-state index is 0.180. The monoisotopic (exact) mass is 549 g/mol. The van der Waals surface area contributed by atoms with E-state index in [0.29, 0.717) is 48.2 Å². The van der Waals surface area contributed by atoms with Gasteiger partial charge in [-0.3, -0.25) is 14.3 Å². The summed E-state index contributed by atoms with van der Waals surface area (Å²) in [7, 11) is 1.49. The number of nitrogens with one attached hydrogen (secondary N) is 1. The van der Waals surface area contributed by atoms with Crippen molar-refractivity contribution in [2.45, 2.75) is 12.2 Å². The molecule has 6 rings (SSSR count). The van der Waals surface area contributed by atoms with Crippen LogP contribution in [-0.2, 0) is 6.18 Å². The van der Waals surface area contributed by atoms with E-state index in [4.69, 9.17) is 4.74 Å². The number of aromatic amines is 1. The molecular weight excluding hydrogens is 527 g/mol. The summed E-state index contributed by atoms with van der Waals surface area (Å²) in [5.41, 5.74) is 1.14. The molecule has 1 fully saturated rings. The zero-order valence-electron chi connectivity index (χ0n) is 21.1. The summed E-state index contributed by atoms with van der Waals surface area (Å²) in [6.45, 7) is 1.24. The van der Waals surface area contributed by atoms with E-state index in [0.717, 1.165) is 17.8 Å². The van der Waals surface area contributed by atoms with Gasteiger partial charge in [-0.15, -0.1) is 0 Å². The Bertz CT molecular complexity index is 1670. The Morgan fingerprint density at radius 1 is 1.07 bits per heavy atom. The fraction of sp³-hybridized carbons (Fsp3) is 0.231. The van der Waals surface area contributed by atoms with Crippen LogP contribution in [0.1, 0.15) is 27.5 Å². The lowest BCUT2D eigenvalue weighted by atomic mass is 10.0. The summed E-state index contributed by atoms with van der Waals surface area (Å²) >= 11 is 0. The van der Waals surface area contributed by atoms with Crippen LogP contribution in [0.5, 0.6) is 5.88 Å². The summed E-state index contributed by atoms with van der Waals surface area (Å²) in [6.07, 6.45) is 4.42. The molecule has 14 heteroatoms. The number of ether oxygens (including phenoxy) is 1. The van der Waals surface area contributed by atoms with Crippen LogP contribution < -0.4 is 9.64 Å². The molecule has 0 saturated carbocycles. The number of alkyl halides is 3. The zero-order chi connectivity index (χ0) is 27.9. The van der Waals surface area contributed by atoms with Gasteiger partial charge in [0, 0.05) is 61.6 Å². The van der Waals surface area contributed by atoms with Gasteiger partial charge in [0.1, 0.15) is 17.2 Å². The number of hydrogen-bond acceptors (Lipinski definition) is 8. The number of nitrogens with zero attached hydrogens (tertiary/aromatic N) is 8. The van der Waals surface area contributed by atoms with Crippen molar-refractivity contribution < 1.29 is 22.7 Å². The first-order valence-electron chi connectivity index (χ1n) is 12.2. The topological polar surface area (TPSA) is 117 Å². The van der Waals surface area contributed by atoms with Crippen molar-refractivity contribution in [3.63, 3.8) is 0 Å². The van der Waals surface area contributed by atoms with Crippen LogP contribution >= 0.6 is 0 Å². The molecule has 0 aromatic carbocycles. The second-order valence-corrected chi connectivity index (χ2v) is 9.10. The van der Waals surface area contributed by atoms with Crippen molar-refractivity contribution in [2.24, 2.45) is 0 Å². The first kappa shape index (κ1) is 25.3. The highest BCUT2D eigenvalue weighted by Crippen LogP contribution is 2.32. The largest absolute Gasteiger partial charge is 0.481 e. The lowest BCUT2D eigenvalue weighted by Crippen LogP contribution is -2.51. The first-order chi connectivity index (χ1) is 19.3. The highest BCUT2D eigenvalue weighted by molar-refractivity contribution is 5.95. The van der Waals surface area contributed by atoms with E-state index in [1.165, 1.54) is 30.0 Å². The van der Waals surface area contributed by atoms with E-state index in [1.54, 1.807) is 41.7 Å². The lowest BCUT2D eigenvalue weighted by molar-refractivity contribution is -0.137. The van der Waals surface area contributed by atoms with Crippen LogP contribution in [-0.4, -0.2) is 72.1 Å². The third-order valence-corrected chi connectivity index (χ3v) is 6.76. The van der Waals surface area contributed by atoms with E-state index in [1.807, 2.05) is 4.90 Å². The number of rotatable bonds is 5. The van der Waals surface area contributed by atoms with Crippen LogP contribution in [0, 0.1) is 0 Å². The van der Waals surface area contributed by atoms with E-state index in [2.05, 4.69) is 30.1 Å². The molecule has 1 saturated heterocycles. The summed E-state index contributed by atoms with van der Waals surface area (Å²) < 4.78 is 46.5. The molecule has 5 aromatic heterocycles. The Morgan fingerprint density at radius 3 is 2.70 bits per heavy atom. The molecule has 0 aliphatic carbocycles. The fourth-order valence-electron chi connectivity index (χ4n) is 4.74. The third kappa shape index (κ3) is 4.67. The molecule has 1 aliphatic heterocycles. The number of halogens is 3. The van der Waals surface area contributed by atoms with Crippen LogP contribution in [0.15, 0.2) is 67.5 Å². The number of amides is 1. The highest BCUT2D eigenvalue weighted by Gasteiger charge is 2.34. The first-order valence-corrected chi connectivity index (χ1v) is 12.2. The molecule has 11 nitrogen and oxygen atoms in total. The summed E-state index contributed by atoms with van der Waals surface area (Å²) in [5, 5.41) is 6.87. The number of anilines is 1. The van der Waals surface area contributed by atoms with Crippen molar-refractivity contribution in [1.82, 2.24) is 39.4 Å². The Morgan fingerprint density at radius 2 is 1.93 bits per heavy atom. The van der Waals surface area contributed by atoms with Crippen LogP contribution in [0.4, 0.5) is 19.0 Å². The maximum absolute atomic E-state index is 13.5.